The maximum Gasteiger partial charge on any atom is 0.194 e. The highest BCUT2D eigenvalue weighted by Crippen LogP contribution is 2.40. The van der Waals surface area contributed by atoms with Gasteiger partial charge in [-0.1, -0.05) is 30.3 Å². The van der Waals surface area contributed by atoms with Crippen molar-refractivity contribution in [2.75, 3.05) is 32.8 Å². The molecule has 2 aliphatic heterocycles. The van der Waals surface area contributed by atoms with Crippen molar-refractivity contribution in [1.82, 2.24) is 10.2 Å². The number of ether oxygens (including phenoxy) is 2. The first-order valence-corrected chi connectivity index (χ1v) is 10.7. The van der Waals surface area contributed by atoms with E-state index in [2.05, 4.69) is 47.5 Å². The van der Waals surface area contributed by atoms with Gasteiger partial charge in [0.25, 0.3) is 0 Å². The number of nitrogens with zero attached hydrogens (tertiary/aromatic N) is 2. The second kappa shape index (κ2) is 9.07. The van der Waals surface area contributed by atoms with E-state index in [9.17, 15) is 0 Å². The molecule has 1 saturated carbocycles. The van der Waals surface area contributed by atoms with Crippen LogP contribution in [-0.2, 0) is 9.47 Å². The van der Waals surface area contributed by atoms with Crippen molar-refractivity contribution in [1.29, 1.82) is 0 Å². The predicted octanol–water partition coefficient (Wildman–Crippen LogP) is 3.17. The molecule has 3 atom stereocenters. The van der Waals surface area contributed by atoms with Gasteiger partial charge in [-0.25, -0.2) is 0 Å². The van der Waals surface area contributed by atoms with Crippen LogP contribution < -0.4 is 5.32 Å². The van der Waals surface area contributed by atoms with Crippen LogP contribution in [0.25, 0.3) is 0 Å². The third-order valence-electron chi connectivity index (χ3n) is 5.92. The Morgan fingerprint density at radius 2 is 2.04 bits per heavy atom. The number of hydrogen-bond donors (Lipinski definition) is 1. The van der Waals surface area contributed by atoms with E-state index in [-0.39, 0.29) is 0 Å². The average molecular weight is 372 g/mol. The Balaban J connectivity index is 1.23. The first-order chi connectivity index (χ1) is 13.3. The van der Waals surface area contributed by atoms with E-state index in [1.165, 1.54) is 18.4 Å². The third-order valence-corrected chi connectivity index (χ3v) is 5.92. The number of hydrogen-bond acceptors (Lipinski definition) is 3. The molecule has 1 N–H and O–H groups in total. The number of benzene rings is 1. The molecule has 4 rings (SSSR count). The molecule has 1 aromatic rings. The fraction of sp³-hybridized carbons (Fsp3) is 0.682. The van der Waals surface area contributed by atoms with Crippen LogP contribution >= 0.6 is 0 Å². The van der Waals surface area contributed by atoms with Crippen molar-refractivity contribution in [3.63, 3.8) is 0 Å². The Labute approximate surface area is 163 Å². The summed E-state index contributed by atoms with van der Waals surface area (Å²) in [4.78, 5) is 7.17. The summed E-state index contributed by atoms with van der Waals surface area (Å²) in [5.41, 5.74) is 1.44. The van der Waals surface area contributed by atoms with Crippen molar-refractivity contribution in [2.24, 2.45) is 4.99 Å². The Morgan fingerprint density at radius 1 is 1.22 bits per heavy atom. The topological polar surface area (TPSA) is 46.1 Å². The van der Waals surface area contributed by atoms with E-state index < -0.39 is 0 Å². The maximum atomic E-state index is 6.11. The van der Waals surface area contributed by atoms with E-state index in [0.717, 1.165) is 58.1 Å². The first kappa shape index (κ1) is 18.8. The highest BCUT2D eigenvalue weighted by Gasteiger charge is 2.39. The minimum atomic E-state index is 0.326. The maximum absolute atomic E-state index is 6.11. The van der Waals surface area contributed by atoms with Gasteiger partial charge in [0.2, 0.25) is 0 Å². The molecular formula is C22H33N3O2. The minimum Gasteiger partial charge on any atom is -0.376 e. The molecule has 2 saturated heterocycles. The summed E-state index contributed by atoms with van der Waals surface area (Å²) in [6.45, 7) is 6.64. The lowest BCUT2D eigenvalue weighted by Crippen LogP contribution is -2.48. The molecule has 1 aliphatic carbocycles. The highest BCUT2D eigenvalue weighted by molar-refractivity contribution is 5.81. The summed E-state index contributed by atoms with van der Waals surface area (Å²) in [6, 6.07) is 11.3. The van der Waals surface area contributed by atoms with Crippen LogP contribution in [0.1, 0.15) is 50.5 Å². The third kappa shape index (κ3) is 5.02. The van der Waals surface area contributed by atoms with Crippen molar-refractivity contribution in [3.8, 4) is 0 Å². The summed E-state index contributed by atoms with van der Waals surface area (Å²) < 4.78 is 11.8. The number of rotatable bonds is 6. The minimum absolute atomic E-state index is 0.326. The second-order valence-corrected chi connectivity index (χ2v) is 7.96. The molecule has 0 spiro atoms. The molecular weight excluding hydrogens is 338 g/mol. The zero-order chi connectivity index (χ0) is 18.5. The molecule has 0 aromatic heterocycles. The number of guanidine groups is 1. The number of likely N-dealkylation sites (tertiary alicyclic amines) is 1. The molecule has 3 unspecified atom stereocenters. The van der Waals surface area contributed by atoms with E-state index >= 15 is 0 Å². The molecule has 5 heteroatoms. The SMILES string of the molecule is CCN=C(NC1CC1c1ccccc1)N1CCC(OCC2CCCO2)CC1. The Morgan fingerprint density at radius 3 is 2.74 bits per heavy atom. The summed E-state index contributed by atoms with van der Waals surface area (Å²) in [7, 11) is 0. The van der Waals surface area contributed by atoms with Gasteiger partial charge in [0.05, 0.1) is 18.8 Å². The zero-order valence-corrected chi connectivity index (χ0v) is 16.5. The van der Waals surface area contributed by atoms with Crippen LogP contribution in [0.3, 0.4) is 0 Å². The second-order valence-electron chi connectivity index (χ2n) is 7.96. The van der Waals surface area contributed by atoms with Crippen molar-refractivity contribution in [2.45, 2.75) is 63.2 Å². The molecule has 148 valence electrons. The van der Waals surface area contributed by atoms with Gasteiger partial charge in [-0.2, -0.15) is 0 Å². The molecule has 2 heterocycles. The molecule has 0 amide bonds. The standard InChI is InChI=1S/C22H33N3O2/c1-2-23-22(24-21-15-20(21)17-7-4-3-5-8-17)25-12-10-18(11-13-25)27-16-19-9-6-14-26-19/h3-5,7-8,18-21H,2,6,9-16H2,1H3,(H,23,24). The first-order valence-electron chi connectivity index (χ1n) is 10.7. The van der Waals surface area contributed by atoms with Crippen LogP contribution in [-0.4, -0.2) is 62.0 Å². The molecule has 5 nitrogen and oxygen atoms in total. The average Bonchev–Trinajstić information content (AvgIpc) is 3.28. The fourth-order valence-corrected chi connectivity index (χ4v) is 4.23. The molecule has 3 aliphatic rings. The number of nitrogens with one attached hydrogen (secondary N) is 1. The largest absolute Gasteiger partial charge is 0.376 e. The van der Waals surface area contributed by atoms with Gasteiger partial charge in [0, 0.05) is 38.2 Å². The van der Waals surface area contributed by atoms with E-state index in [1.54, 1.807) is 0 Å². The van der Waals surface area contributed by atoms with Gasteiger partial charge in [-0.3, -0.25) is 4.99 Å². The van der Waals surface area contributed by atoms with Crippen LogP contribution in [0.4, 0.5) is 0 Å². The Kier molecular flexibility index (Phi) is 6.30. The number of aliphatic imine (C=N–C) groups is 1. The predicted molar refractivity (Wildman–Crippen MR) is 108 cm³/mol. The quantitative estimate of drug-likeness (QED) is 0.616. The lowest BCUT2D eigenvalue weighted by Gasteiger charge is -2.34. The normalized spacial score (nSPS) is 29.1. The summed E-state index contributed by atoms with van der Waals surface area (Å²) in [5, 5.41) is 3.72. The Bertz CT molecular complexity index is 607. The highest BCUT2D eigenvalue weighted by atomic mass is 16.5. The summed E-state index contributed by atoms with van der Waals surface area (Å²) in [6.07, 6.45) is 6.37. The van der Waals surface area contributed by atoms with Gasteiger partial charge < -0.3 is 19.7 Å². The molecule has 27 heavy (non-hydrogen) atoms. The van der Waals surface area contributed by atoms with E-state index in [4.69, 9.17) is 14.5 Å². The van der Waals surface area contributed by atoms with Crippen molar-refractivity contribution in [3.05, 3.63) is 35.9 Å². The van der Waals surface area contributed by atoms with Crippen LogP contribution in [0.15, 0.2) is 35.3 Å². The van der Waals surface area contributed by atoms with Crippen molar-refractivity contribution < 1.29 is 9.47 Å². The monoisotopic (exact) mass is 371 g/mol. The van der Waals surface area contributed by atoms with Gasteiger partial charge in [-0.05, 0) is 44.6 Å². The fourth-order valence-electron chi connectivity index (χ4n) is 4.23. The van der Waals surface area contributed by atoms with Gasteiger partial charge in [0.15, 0.2) is 5.96 Å². The van der Waals surface area contributed by atoms with Crippen LogP contribution in [0.2, 0.25) is 0 Å². The van der Waals surface area contributed by atoms with E-state index in [1.807, 2.05) is 0 Å². The Hall–Kier alpha value is -1.59. The molecule has 1 aromatic carbocycles. The van der Waals surface area contributed by atoms with Crippen LogP contribution in [0, 0.1) is 0 Å². The van der Waals surface area contributed by atoms with Gasteiger partial charge in [-0.15, -0.1) is 0 Å². The summed E-state index contributed by atoms with van der Waals surface area (Å²) in [5.74, 6) is 1.71. The van der Waals surface area contributed by atoms with Gasteiger partial charge >= 0.3 is 0 Å². The zero-order valence-electron chi connectivity index (χ0n) is 16.5. The summed E-state index contributed by atoms with van der Waals surface area (Å²) >= 11 is 0. The molecule has 0 bridgehead atoms. The van der Waals surface area contributed by atoms with E-state index in [0.29, 0.717) is 24.2 Å². The lowest BCUT2D eigenvalue weighted by atomic mass is 10.1. The smallest absolute Gasteiger partial charge is 0.194 e. The molecule has 0 radical (unpaired) electrons. The lowest BCUT2D eigenvalue weighted by molar-refractivity contribution is -0.0367. The van der Waals surface area contributed by atoms with Crippen LogP contribution in [0.5, 0.6) is 0 Å². The van der Waals surface area contributed by atoms with Crippen molar-refractivity contribution >= 4 is 5.96 Å². The molecule has 3 fully saturated rings. The number of piperidine rings is 1. The van der Waals surface area contributed by atoms with Gasteiger partial charge in [0.1, 0.15) is 0 Å².